The minimum atomic E-state index is -3.44. The molecule has 8 heteroatoms. The second-order valence-corrected chi connectivity index (χ2v) is 9.06. The molecule has 0 saturated carbocycles. The van der Waals surface area contributed by atoms with Crippen molar-refractivity contribution in [2.75, 3.05) is 17.5 Å². The van der Waals surface area contributed by atoms with Gasteiger partial charge in [0.15, 0.2) is 0 Å². The molecule has 0 radical (unpaired) electrons. The maximum absolute atomic E-state index is 13.4. The zero-order valence-electron chi connectivity index (χ0n) is 16.6. The third kappa shape index (κ3) is 3.97. The third-order valence-electron chi connectivity index (χ3n) is 4.99. The summed E-state index contributed by atoms with van der Waals surface area (Å²) >= 11 is 6.08. The molecule has 1 amide bonds. The van der Waals surface area contributed by atoms with Crippen LogP contribution < -0.4 is 10.0 Å². The number of hydrogen-bond donors (Lipinski definition) is 2. The first kappa shape index (κ1) is 21.2. The minimum absolute atomic E-state index is 0.135. The van der Waals surface area contributed by atoms with E-state index < -0.39 is 15.6 Å². The average Bonchev–Trinajstić information content (AvgIpc) is 3.09. The monoisotopic (exact) mass is 433 g/mol. The summed E-state index contributed by atoms with van der Waals surface area (Å²) in [5, 5.41) is 4.26. The standard InChI is InChI=1S/C21H24ClN3O3S/c1-4-21(20(26)23-5-2,15-9-11-16(22)12-10-15)25-14-13-17-18(24-29(3,27)28)7-6-8-19(17)25/h6-14,24H,4-5H2,1-3H3,(H,23,26). The molecule has 0 aliphatic carbocycles. The number of nitrogens with zero attached hydrogens (tertiary/aromatic N) is 1. The highest BCUT2D eigenvalue weighted by Gasteiger charge is 2.41. The number of sulfonamides is 1. The van der Waals surface area contributed by atoms with Gasteiger partial charge in [0, 0.05) is 23.2 Å². The molecule has 1 unspecified atom stereocenters. The summed E-state index contributed by atoms with van der Waals surface area (Å²) in [5.74, 6) is -0.135. The Labute approximate surface area is 175 Å². The molecule has 0 aliphatic rings. The van der Waals surface area contributed by atoms with E-state index in [1.807, 2.05) is 48.9 Å². The van der Waals surface area contributed by atoms with Gasteiger partial charge in [0.25, 0.3) is 5.91 Å². The van der Waals surface area contributed by atoms with Crippen LogP contribution >= 0.6 is 11.6 Å². The molecule has 0 spiro atoms. The van der Waals surface area contributed by atoms with Crippen molar-refractivity contribution in [3.05, 3.63) is 65.3 Å². The number of hydrogen-bond acceptors (Lipinski definition) is 3. The zero-order chi connectivity index (χ0) is 21.2. The quantitative estimate of drug-likeness (QED) is 0.591. The number of nitrogens with one attached hydrogen (secondary N) is 2. The maximum atomic E-state index is 13.4. The van der Waals surface area contributed by atoms with E-state index in [9.17, 15) is 13.2 Å². The number of carbonyl (C=O) groups is 1. The molecule has 0 saturated heterocycles. The van der Waals surface area contributed by atoms with E-state index in [0.717, 1.165) is 17.3 Å². The van der Waals surface area contributed by atoms with E-state index in [4.69, 9.17) is 11.6 Å². The van der Waals surface area contributed by atoms with Crippen LogP contribution in [0.25, 0.3) is 10.9 Å². The zero-order valence-corrected chi connectivity index (χ0v) is 18.1. The summed E-state index contributed by atoms with van der Waals surface area (Å²) in [6.45, 7) is 4.32. The molecule has 0 aliphatic heterocycles. The number of fused-ring (bicyclic) bond motifs is 1. The highest BCUT2D eigenvalue weighted by molar-refractivity contribution is 7.92. The van der Waals surface area contributed by atoms with Gasteiger partial charge < -0.3 is 9.88 Å². The fourth-order valence-electron chi connectivity index (χ4n) is 3.74. The number of halogens is 1. The van der Waals surface area contributed by atoms with E-state index in [-0.39, 0.29) is 5.91 Å². The summed E-state index contributed by atoms with van der Waals surface area (Å²) in [4.78, 5) is 13.4. The second-order valence-electron chi connectivity index (χ2n) is 6.88. The second kappa shape index (κ2) is 8.08. The Hall–Kier alpha value is -2.51. The lowest BCUT2D eigenvalue weighted by Gasteiger charge is -2.34. The molecular weight excluding hydrogens is 410 g/mol. The van der Waals surface area contributed by atoms with E-state index >= 15 is 0 Å². The Morgan fingerprint density at radius 2 is 1.79 bits per heavy atom. The van der Waals surface area contributed by atoms with Crippen LogP contribution in [0.4, 0.5) is 5.69 Å². The molecule has 2 N–H and O–H groups in total. The topological polar surface area (TPSA) is 80.2 Å². The van der Waals surface area contributed by atoms with Gasteiger partial charge in [-0.1, -0.05) is 36.7 Å². The first-order valence-electron chi connectivity index (χ1n) is 9.35. The van der Waals surface area contributed by atoms with Crippen molar-refractivity contribution in [3.8, 4) is 0 Å². The lowest BCUT2D eigenvalue weighted by atomic mass is 9.85. The number of amides is 1. The number of carbonyl (C=O) groups excluding carboxylic acids is 1. The van der Waals surface area contributed by atoms with Crippen molar-refractivity contribution in [2.45, 2.75) is 25.8 Å². The van der Waals surface area contributed by atoms with Crippen molar-refractivity contribution in [1.29, 1.82) is 0 Å². The Bertz CT molecular complexity index is 1140. The minimum Gasteiger partial charge on any atom is -0.354 e. The van der Waals surface area contributed by atoms with E-state index in [2.05, 4.69) is 10.0 Å². The molecule has 3 aromatic rings. The number of anilines is 1. The van der Waals surface area contributed by atoms with Crippen molar-refractivity contribution in [2.24, 2.45) is 0 Å². The highest BCUT2D eigenvalue weighted by atomic mass is 35.5. The van der Waals surface area contributed by atoms with Gasteiger partial charge >= 0.3 is 0 Å². The van der Waals surface area contributed by atoms with Gasteiger partial charge in [-0.05, 0) is 49.2 Å². The Balaban J connectivity index is 2.29. The van der Waals surface area contributed by atoms with Crippen LogP contribution in [0.5, 0.6) is 0 Å². The summed E-state index contributed by atoms with van der Waals surface area (Å²) in [7, 11) is -3.44. The Morgan fingerprint density at radius 1 is 1.10 bits per heavy atom. The predicted octanol–water partition coefficient (Wildman–Crippen LogP) is 3.96. The average molecular weight is 434 g/mol. The van der Waals surface area contributed by atoms with Gasteiger partial charge in [0.05, 0.1) is 17.5 Å². The van der Waals surface area contributed by atoms with E-state index in [0.29, 0.717) is 29.1 Å². The van der Waals surface area contributed by atoms with Crippen LogP contribution in [-0.4, -0.2) is 31.7 Å². The summed E-state index contributed by atoms with van der Waals surface area (Å²) in [6, 6.07) is 14.4. The number of likely N-dealkylation sites (N-methyl/N-ethyl adjacent to an activating group) is 1. The van der Waals surface area contributed by atoms with Gasteiger partial charge in [-0.2, -0.15) is 0 Å². The van der Waals surface area contributed by atoms with Gasteiger partial charge in [-0.3, -0.25) is 9.52 Å². The van der Waals surface area contributed by atoms with Gasteiger partial charge in [0.1, 0.15) is 5.54 Å². The van der Waals surface area contributed by atoms with Crippen LogP contribution in [-0.2, 0) is 20.4 Å². The molecule has 3 rings (SSSR count). The van der Waals surface area contributed by atoms with Crippen LogP contribution in [0.15, 0.2) is 54.7 Å². The fraction of sp³-hybridized carbons (Fsp3) is 0.286. The smallest absolute Gasteiger partial charge is 0.250 e. The first-order valence-corrected chi connectivity index (χ1v) is 11.6. The SMILES string of the molecule is CCNC(=O)C(CC)(c1ccc(Cl)cc1)n1ccc2c(NS(C)(=O)=O)cccc21. The van der Waals surface area contributed by atoms with Crippen LogP contribution in [0, 0.1) is 0 Å². The van der Waals surface area contributed by atoms with Crippen molar-refractivity contribution >= 4 is 44.1 Å². The van der Waals surface area contributed by atoms with Gasteiger partial charge in [0.2, 0.25) is 10.0 Å². The van der Waals surface area contributed by atoms with Crippen molar-refractivity contribution in [1.82, 2.24) is 9.88 Å². The van der Waals surface area contributed by atoms with Crippen LogP contribution in [0.3, 0.4) is 0 Å². The van der Waals surface area contributed by atoms with Crippen molar-refractivity contribution < 1.29 is 13.2 Å². The molecule has 2 aromatic carbocycles. The molecule has 1 atom stereocenters. The summed E-state index contributed by atoms with van der Waals surface area (Å²) < 4.78 is 28.0. The van der Waals surface area contributed by atoms with Crippen LogP contribution in [0.1, 0.15) is 25.8 Å². The number of rotatable bonds is 7. The number of benzene rings is 2. The van der Waals surface area contributed by atoms with Gasteiger partial charge in [-0.25, -0.2) is 8.42 Å². The molecule has 154 valence electrons. The highest BCUT2D eigenvalue weighted by Crippen LogP contribution is 2.37. The summed E-state index contributed by atoms with van der Waals surface area (Å²) in [5.41, 5.74) is 1.02. The molecule has 0 bridgehead atoms. The molecule has 6 nitrogen and oxygen atoms in total. The lowest BCUT2D eigenvalue weighted by molar-refractivity contribution is -0.127. The molecule has 1 heterocycles. The normalized spacial score (nSPS) is 13.8. The number of aromatic nitrogens is 1. The van der Waals surface area contributed by atoms with E-state index in [1.165, 1.54) is 0 Å². The van der Waals surface area contributed by atoms with Gasteiger partial charge in [-0.15, -0.1) is 0 Å². The fourth-order valence-corrected chi connectivity index (χ4v) is 4.44. The van der Waals surface area contributed by atoms with Crippen LogP contribution in [0.2, 0.25) is 5.02 Å². The Kier molecular flexibility index (Phi) is 5.91. The molecule has 0 fully saturated rings. The summed E-state index contributed by atoms with van der Waals surface area (Å²) in [6.07, 6.45) is 3.43. The third-order valence-corrected chi connectivity index (χ3v) is 5.83. The lowest BCUT2D eigenvalue weighted by Crippen LogP contribution is -2.49. The molecule has 1 aromatic heterocycles. The maximum Gasteiger partial charge on any atom is 0.250 e. The Morgan fingerprint density at radius 3 is 2.38 bits per heavy atom. The van der Waals surface area contributed by atoms with Crippen molar-refractivity contribution in [3.63, 3.8) is 0 Å². The first-order chi connectivity index (χ1) is 13.7. The van der Waals surface area contributed by atoms with E-state index in [1.54, 1.807) is 24.3 Å². The largest absolute Gasteiger partial charge is 0.354 e. The molecular formula is C21H24ClN3O3S. The predicted molar refractivity (Wildman–Crippen MR) is 118 cm³/mol. The molecule has 29 heavy (non-hydrogen) atoms.